The fourth-order valence-electron chi connectivity index (χ4n) is 2.63. The lowest BCUT2D eigenvalue weighted by atomic mass is 9.77. The predicted octanol–water partition coefficient (Wildman–Crippen LogP) is 4.03. The minimum Gasteiger partial charge on any atom is -0.493 e. The van der Waals surface area contributed by atoms with E-state index < -0.39 is 5.54 Å². The summed E-state index contributed by atoms with van der Waals surface area (Å²) in [7, 11) is 1.58. The van der Waals surface area contributed by atoms with Crippen molar-refractivity contribution in [2.75, 3.05) is 13.7 Å². The molecule has 2 N–H and O–H groups in total. The lowest BCUT2D eigenvalue weighted by molar-refractivity contribution is 0.229. The first-order chi connectivity index (χ1) is 12.1. The van der Waals surface area contributed by atoms with E-state index in [1.165, 1.54) is 0 Å². The van der Waals surface area contributed by atoms with E-state index in [2.05, 4.69) is 10.1 Å². The second-order valence-corrected chi connectivity index (χ2v) is 6.59. The quantitative estimate of drug-likeness (QED) is 0.799. The molecule has 7 heteroatoms. The zero-order valence-corrected chi connectivity index (χ0v) is 15.2. The number of halogens is 1. The molecule has 0 radical (unpaired) electrons. The van der Waals surface area contributed by atoms with Gasteiger partial charge in [0.2, 0.25) is 0 Å². The monoisotopic (exact) mass is 363 g/mol. The highest BCUT2D eigenvalue weighted by Crippen LogP contribution is 2.38. The van der Waals surface area contributed by atoms with Crippen LogP contribution >= 0.6 is 11.6 Å². The molecule has 1 aliphatic carbocycles. The standard InChI is InChI=1S/C18H22ClN3O3/c1-3-9-24-16-13(19)10-12(11-14(16)23-2)5-6-15-21-17(22-25-15)18(20)7-4-8-18/h5-6,10-11H,3-4,7-9,20H2,1-2H3/b6-5+. The van der Waals surface area contributed by atoms with E-state index in [1.54, 1.807) is 19.3 Å². The lowest BCUT2D eigenvalue weighted by Gasteiger charge is -2.34. The summed E-state index contributed by atoms with van der Waals surface area (Å²) < 4.78 is 16.3. The van der Waals surface area contributed by atoms with Gasteiger partial charge in [0.15, 0.2) is 17.3 Å². The van der Waals surface area contributed by atoms with Crippen LogP contribution in [-0.2, 0) is 5.54 Å². The minimum atomic E-state index is -0.430. The van der Waals surface area contributed by atoms with Crippen molar-refractivity contribution in [2.45, 2.75) is 38.1 Å². The van der Waals surface area contributed by atoms with Crippen LogP contribution in [0.15, 0.2) is 16.7 Å². The van der Waals surface area contributed by atoms with Crippen molar-refractivity contribution in [2.24, 2.45) is 5.73 Å². The van der Waals surface area contributed by atoms with E-state index in [9.17, 15) is 0 Å². The molecule has 0 saturated heterocycles. The molecular weight excluding hydrogens is 342 g/mol. The number of rotatable bonds is 7. The van der Waals surface area contributed by atoms with Gasteiger partial charge in [-0.15, -0.1) is 0 Å². The number of ether oxygens (including phenoxy) is 2. The Morgan fingerprint density at radius 2 is 2.16 bits per heavy atom. The van der Waals surface area contributed by atoms with E-state index in [0.717, 1.165) is 31.2 Å². The Hall–Kier alpha value is -2.05. The number of hydrogen-bond acceptors (Lipinski definition) is 6. The maximum atomic E-state index is 6.31. The summed E-state index contributed by atoms with van der Waals surface area (Å²) in [5.41, 5.74) is 6.62. The highest BCUT2D eigenvalue weighted by atomic mass is 35.5. The van der Waals surface area contributed by atoms with E-state index in [-0.39, 0.29) is 0 Å². The second kappa shape index (κ2) is 7.45. The van der Waals surface area contributed by atoms with Crippen molar-refractivity contribution in [1.82, 2.24) is 10.1 Å². The molecule has 0 amide bonds. The topological polar surface area (TPSA) is 83.4 Å². The highest BCUT2D eigenvalue weighted by Gasteiger charge is 2.38. The smallest absolute Gasteiger partial charge is 0.250 e. The second-order valence-electron chi connectivity index (χ2n) is 6.18. The average molecular weight is 364 g/mol. The van der Waals surface area contributed by atoms with E-state index in [1.807, 2.05) is 19.1 Å². The lowest BCUT2D eigenvalue weighted by Crippen LogP contribution is -2.44. The van der Waals surface area contributed by atoms with Crippen molar-refractivity contribution >= 4 is 23.8 Å². The molecule has 0 unspecified atom stereocenters. The van der Waals surface area contributed by atoms with Crippen LogP contribution in [-0.4, -0.2) is 23.9 Å². The minimum absolute atomic E-state index is 0.410. The Labute approximate surface area is 151 Å². The first-order valence-electron chi connectivity index (χ1n) is 8.37. The molecule has 1 heterocycles. The molecule has 0 spiro atoms. The molecule has 3 rings (SSSR count). The maximum Gasteiger partial charge on any atom is 0.250 e. The van der Waals surface area contributed by atoms with E-state index in [4.69, 9.17) is 31.3 Å². The van der Waals surface area contributed by atoms with Crippen molar-refractivity contribution in [3.05, 3.63) is 34.4 Å². The summed E-state index contributed by atoms with van der Waals surface area (Å²) in [5, 5.41) is 4.48. The molecule has 1 aromatic carbocycles. The molecule has 0 atom stereocenters. The number of nitrogens with zero attached hydrogens (tertiary/aromatic N) is 2. The van der Waals surface area contributed by atoms with Gasteiger partial charge in [0.25, 0.3) is 5.89 Å². The third kappa shape index (κ3) is 3.80. The van der Waals surface area contributed by atoms with E-state index >= 15 is 0 Å². The molecule has 25 heavy (non-hydrogen) atoms. The molecule has 1 fully saturated rings. The highest BCUT2D eigenvalue weighted by molar-refractivity contribution is 6.32. The van der Waals surface area contributed by atoms with E-state index in [0.29, 0.717) is 34.8 Å². The first kappa shape index (κ1) is 17.8. The molecule has 1 saturated carbocycles. The maximum absolute atomic E-state index is 6.31. The zero-order valence-electron chi connectivity index (χ0n) is 14.4. The molecule has 2 aromatic rings. The summed E-state index contributed by atoms with van der Waals surface area (Å²) in [6.07, 6.45) is 7.34. The van der Waals surface area contributed by atoms with Crippen LogP contribution in [0, 0.1) is 0 Å². The van der Waals surface area contributed by atoms with Crippen molar-refractivity contribution in [3.63, 3.8) is 0 Å². The van der Waals surface area contributed by atoms with Crippen LogP contribution in [0.1, 0.15) is 49.9 Å². The number of aromatic nitrogens is 2. The van der Waals surface area contributed by atoms with Gasteiger partial charge >= 0.3 is 0 Å². The van der Waals surface area contributed by atoms with Crippen LogP contribution in [0.2, 0.25) is 5.02 Å². The van der Waals surface area contributed by atoms with Crippen LogP contribution in [0.3, 0.4) is 0 Å². The summed E-state index contributed by atoms with van der Waals surface area (Å²) in [5.74, 6) is 2.12. The molecule has 6 nitrogen and oxygen atoms in total. The van der Waals surface area contributed by atoms with Crippen LogP contribution in [0.25, 0.3) is 12.2 Å². The number of benzene rings is 1. The van der Waals surface area contributed by atoms with Crippen LogP contribution < -0.4 is 15.2 Å². The Bertz CT molecular complexity index is 769. The Balaban J connectivity index is 1.78. The predicted molar refractivity (Wildman–Crippen MR) is 96.7 cm³/mol. The third-order valence-corrected chi connectivity index (χ3v) is 4.53. The van der Waals surface area contributed by atoms with Crippen molar-refractivity contribution < 1.29 is 14.0 Å². The largest absolute Gasteiger partial charge is 0.493 e. The van der Waals surface area contributed by atoms with Crippen LogP contribution in [0.5, 0.6) is 11.5 Å². The van der Waals surface area contributed by atoms with Gasteiger partial charge in [-0.25, -0.2) is 0 Å². The summed E-state index contributed by atoms with van der Waals surface area (Å²) >= 11 is 6.31. The normalized spacial score (nSPS) is 16.0. The van der Waals surface area contributed by atoms with Gasteiger partial charge in [-0.3, -0.25) is 0 Å². The van der Waals surface area contributed by atoms with Gasteiger partial charge < -0.3 is 19.7 Å². The number of nitrogens with two attached hydrogens (primary N) is 1. The first-order valence-corrected chi connectivity index (χ1v) is 8.75. The Kier molecular flexibility index (Phi) is 5.30. The Morgan fingerprint density at radius 1 is 1.36 bits per heavy atom. The molecule has 134 valence electrons. The summed E-state index contributed by atoms with van der Waals surface area (Å²) in [6, 6.07) is 3.65. The summed E-state index contributed by atoms with van der Waals surface area (Å²) in [4.78, 5) is 4.36. The molecule has 1 aliphatic rings. The van der Waals surface area contributed by atoms with Crippen molar-refractivity contribution in [3.8, 4) is 11.5 Å². The van der Waals surface area contributed by atoms with Gasteiger partial charge in [-0.05, 0) is 49.5 Å². The van der Waals surface area contributed by atoms with Gasteiger partial charge in [0.1, 0.15) is 0 Å². The molecule has 1 aromatic heterocycles. The third-order valence-electron chi connectivity index (χ3n) is 4.25. The van der Waals surface area contributed by atoms with Gasteiger partial charge in [-0.1, -0.05) is 23.7 Å². The fourth-order valence-corrected chi connectivity index (χ4v) is 2.91. The van der Waals surface area contributed by atoms with Gasteiger partial charge in [0, 0.05) is 6.08 Å². The summed E-state index contributed by atoms with van der Waals surface area (Å²) in [6.45, 7) is 2.61. The van der Waals surface area contributed by atoms with Crippen molar-refractivity contribution in [1.29, 1.82) is 0 Å². The van der Waals surface area contributed by atoms with Crippen LogP contribution in [0.4, 0.5) is 0 Å². The zero-order chi connectivity index (χ0) is 17.9. The average Bonchev–Trinajstić information content (AvgIpc) is 3.05. The Morgan fingerprint density at radius 3 is 2.80 bits per heavy atom. The molecule has 0 aliphatic heterocycles. The van der Waals surface area contributed by atoms with Gasteiger partial charge in [0.05, 0.1) is 24.3 Å². The fraction of sp³-hybridized carbons (Fsp3) is 0.444. The number of methoxy groups -OCH3 is 1. The number of hydrogen-bond donors (Lipinski definition) is 1. The molecular formula is C18H22ClN3O3. The molecule has 0 bridgehead atoms. The van der Waals surface area contributed by atoms with Gasteiger partial charge in [-0.2, -0.15) is 4.98 Å². The SMILES string of the molecule is CCCOc1c(Cl)cc(/C=C/c2nc(C3(N)CCC3)no2)cc1OC.